The Morgan fingerprint density at radius 2 is 2.19 bits per heavy atom. The van der Waals surface area contributed by atoms with Crippen molar-refractivity contribution in [2.45, 2.75) is 46.1 Å². The Kier molecular flexibility index (Phi) is 3.33. The van der Waals surface area contributed by atoms with Crippen LogP contribution in [0, 0.1) is 16.7 Å². The van der Waals surface area contributed by atoms with Crippen molar-refractivity contribution in [3.63, 3.8) is 0 Å². The van der Waals surface area contributed by atoms with E-state index in [1.807, 2.05) is 18.2 Å². The number of aromatic hydroxyl groups is 1. The van der Waals surface area contributed by atoms with Crippen molar-refractivity contribution in [2.24, 2.45) is 21.7 Å². The molecular formula is C21H25N5O. The summed E-state index contributed by atoms with van der Waals surface area (Å²) >= 11 is 0. The molecule has 0 radical (unpaired) electrons. The van der Waals surface area contributed by atoms with Crippen molar-refractivity contribution in [2.75, 3.05) is 5.32 Å². The van der Waals surface area contributed by atoms with Crippen molar-refractivity contribution in [1.29, 1.82) is 0 Å². The molecule has 3 heterocycles. The topological polar surface area (TPSA) is 86.2 Å². The van der Waals surface area contributed by atoms with E-state index >= 15 is 0 Å². The van der Waals surface area contributed by atoms with Crippen molar-refractivity contribution in [3.8, 4) is 5.88 Å². The number of aromatic nitrogens is 3. The van der Waals surface area contributed by atoms with E-state index in [2.05, 4.69) is 46.0 Å². The maximum atomic E-state index is 10.3. The molecule has 3 aliphatic rings. The van der Waals surface area contributed by atoms with Gasteiger partial charge in [-0.05, 0) is 54.2 Å². The van der Waals surface area contributed by atoms with Gasteiger partial charge in [-0.1, -0.05) is 20.8 Å². The number of nitrogens with zero attached hydrogens (tertiary/aromatic N) is 3. The van der Waals surface area contributed by atoms with Crippen LogP contribution in [-0.4, -0.2) is 32.3 Å². The first-order chi connectivity index (χ1) is 12.9. The number of hydrogen-bond acceptors (Lipinski definition) is 5. The van der Waals surface area contributed by atoms with Crippen LogP contribution in [0.25, 0.3) is 11.6 Å². The second-order valence-electron chi connectivity index (χ2n) is 8.86. The zero-order valence-electron chi connectivity index (χ0n) is 16.0. The minimum Gasteiger partial charge on any atom is -0.492 e. The lowest BCUT2D eigenvalue weighted by atomic mass is 9.69. The molecule has 5 rings (SSSR count). The van der Waals surface area contributed by atoms with Gasteiger partial charge in [-0.15, -0.1) is 0 Å². The number of imidazole rings is 1. The Morgan fingerprint density at radius 1 is 1.33 bits per heavy atom. The zero-order chi connectivity index (χ0) is 18.8. The molecule has 27 heavy (non-hydrogen) atoms. The highest BCUT2D eigenvalue weighted by atomic mass is 16.3. The lowest BCUT2D eigenvalue weighted by Crippen LogP contribution is -2.40. The molecule has 2 fully saturated rings. The van der Waals surface area contributed by atoms with Gasteiger partial charge in [-0.25, -0.2) is 9.98 Å². The number of H-pyrrole nitrogens is 1. The second-order valence-corrected chi connectivity index (χ2v) is 8.86. The van der Waals surface area contributed by atoms with E-state index < -0.39 is 0 Å². The van der Waals surface area contributed by atoms with Crippen LogP contribution in [0.1, 0.15) is 51.3 Å². The van der Waals surface area contributed by atoms with Crippen LogP contribution in [0.4, 0.5) is 11.8 Å². The van der Waals surface area contributed by atoms with Gasteiger partial charge in [0, 0.05) is 29.6 Å². The summed E-state index contributed by atoms with van der Waals surface area (Å²) in [6.07, 6.45) is 9.09. The van der Waals surface area contributed by atoms with Gasteiger partial charge in [0.2, 0.25) is 11.8 Å². The minimum atomic E-state index is 0.00306. The van der Waals surface area contributed by atoms with E-state index in [9.17, 15) is 5.11 Å². The van der Waals surface area contributed by atoms with Crippen LogP contribution in [-0.2, 0) is 0 Å². The number of pyridine rings is 1. The summed E-state index contributed by atoms with van der Waals surface area (Å²) in [6, 6.07) is 4.24. The number of rotatable bonds is 3. The summed E-state index contributed by atoms with van der Waals surface area (Å²) in [5.41, 5.74) is 3.05. The fourth-order valence-electron chi connectivity index (χ4n) is 5.33. The van der Waals surface area contributed by atoms with Crippen LogP contribution in [0.2, 0.25) is 0 Å². The fourth-order valence-corrected chi connectivity index (χ4v) is 5.33. The molecule has 2 saturated carbocycles. The van der Waals surface area contributed by atoms with E-state index in [1.54, 1.807) is 12.4 Å². The maximum absolute atomic E-state index is 10.3. The molecule has 3 N–H and O–H groups in total. The predicted molar refractivity (Wildman–Crippen MR) is 107 cm³/mol. The molecule has 3 atom stereocenters. The lowest BCUT2D eigenvalue weighted by Gasteiger charge is -2.39. The number of aromatic amines is 1. The Balaban J connectivity index is 1.41. The maximum Gasteiger partial charge on any atom is 0.238 e. The summed E-state index contributed by atoms with van der Waals surface area (Å²) in [4.78, 5) is 16.1. The first kappa shape index (κ1) is 16.5. The Labute approximate surface area is 158 Å². The molecular weight excluding hydrogens is 338 g/mol. The van der Waals surface area contributed by atoms with Crippen LogP contribution in [0.3, 0.4) is 0 Å². The highest BCUT2D eigenvalue weighted by Gasteiger charge is 2.61. The van der Waals surface area contributed by atoms with E-state index in [0.717, 1.165) is 23.5 Å². The van der Waals surface area contributed by atoms with Crippen molar-refractivity contribution >= 4 is 29.6 Å². The summed E-state index contributed by atoms with van der Waals surface area (Å²) in [6.45, 7) is 7.18. The molecule has 0 aromatic carbocycles. The molecule has 6 nitrogen and oxygen atoms in total. The second kappa shape index (κ2) is 5.44. The van der Waals surface area contributed by atoms with Gasteiger partial charge in [0.05, 0.1) is 0 Å². The van der Waals surface area contributed by atoms with Gasteiger partial charge in [-0.2, -0.15) is 4.98 Å². The van der Waals surface area contributed by atoms with Crippen molar-refractivity contribution in [3.05, 3.63) is 29.6 Å². The average molecular weight is 363 g/mol. The third kappa shape index (κ3) is 2.28. The fraction of sp³-hybridized carbons (Fsp3) is 0.476. The molecule has 6 heteroatoms. The molecule has 1 aliphatic heterocycles. The quantitative estimate of drug-likeness (QED) is 0.755. The number of aliphatic imine (C=N–C) groups is 1. The van der Waals surface area contributed by atoms with E-state index in [4.69, 9.17) is 0 Å². The predicted octanol–water partition coefficient (Wildman–Crippen LogP) is 4.39. The van der Waals surface area contributed by atoms with Gasteiger partial charge >= 0.3 is 0 Å². The molecule has 1 unspecified atom stereocenters. The van der Waals surface area contributed by atoms with Gasteiger partial charge in [0.25, 0.3) is 0 Å². The lowest BCUT2D eigenvalue weighted by molar-refractivity contribution is 0.142. The smallest absolute Gasteiger partial charge is 0.238 e. The van der Waals surface area contributed by atoms with E-state index in [1.165, 1.54) is 12.8 Å². The highest BCUT2D eigenvalue weighted by Crippen LogP contribution is 2.65. The zero-order valence-corrected chi connectivity index (χ0v) is 16.0. The molecule has 0 amide bonds. The van der Waals surface area contributed by atoms with Crippen molar-refractivity contribution in [1.82, 2.24) is 15.0 Å². The van der Waals surface area contributed by atoms with Crippen molar-refractivity contribution < 1.29 is 5.11 Å². The molecule has 0 saturated heterocycles. The Morgan fingerprint density at radius 3 is 2.93 bits per heavy atom. The van der Waals surface area contributed by atoms with Gasteiger partial charge in [0.1, 0.15) is 5.69 Å². The molecule has 2 bridgehead atoms. The monoisotopic (exact) mass is 363 g/mol. The van der Waals surface area contributed by atoms with Crippen LogP contribution >= 0.6 is 0 Å². The number of anilines is 1. The summed E-state index contributed by atoms with van der Waals surface area (Å²) < 4.78 is 0. The summed E-state index contributed by atoms with van der Waals surface area (Å²) in [5.74, 6) is 2.10. The molecule has 2 aliphatic carbocycles. The minimum absolute atomic E-state index is 0.00306. The SMILES string of the molecule is CC1(C)[C@@H]2CC[C@@]1(C)C(Nc1nc(O)c(C=C3C=Nc4ncccc43)[nH]1)C2. The third-order valence-electron chi connectivity index (χ3n) is 7.54. The van der Waals surface area contributed by atoms with Crippen LogP contribution in [0.15, 0.2) is 23.3 Å². The summed E-state index contributed by atoms with van der Waals surface area (Å²) in [7, 11) is 0. The number of allylic oxidation sites excluding steroid dienone is 1. The Bertz CT molecular complexity index is 973. The Hall–Kier alpha value is -2.63. The largest absolute Gasteiger partial charge is 0.492 e. The molecule has 140 valence electrons. The number of hydrogen-bond donors (Lipinski definition) is 3. The average Bonchev–Trinajstić information content (AvgIpc) is 3.30. The first-order valence-corrected chi connectivity index (χ1v) is 9.65. The molecule has 2 aromatic rings. The van der Waals surface area contributed by atoms with E-state index in [-0.39, 0.29) is 11.3 Å². The molecule has 2 aromatic heterocycles. The van der Waals surface area contributed by atoms with Gasteiger partial charge < -0.3 is 15.4 Å². The third-order valence-corrected chi connectivity index (χ3v) is 7.54. The first-order valence-electron chi connectivity index (χ1n) is 9.65. The van der Waals surface area contributed by atoms with Gasteiger partial charge in [-0.3, -0.25) is 0 Å². The van der Waals surface area contributed by atoms with Crippen LogP contribution < -0.4 is 5.32 Å². The van der Waals surface area contributed by atoms with Gasteiger partial charge in [0.15, 0.2) is 5.82 Å². The number of fused-ring (bicyclic) bond motifs is 3. The normalized spacial score (nSPS) is 31.6. The number of nitrogens with one attached hydrogen (secondary N) is 2. The highest BCUT2D eigenvalue weighted by molar-refractivity contribution is 6.20. The molecule has 0 spiro atoms. The van der Waals surface area contributed by atoms with E-state index in [0.29, 0.717) is 28.9 Å². The summed E-state index contributed by atoms with van der Waals surface area (Å²) in [5, 5.41) is 13.9. The standard InChI is InChI=1S/C21H25N5O/c1-20(2)13-6-7-21(20,3)16(10-13)25-19-24-15(18(27)26-19)9-12-11-23-17-14(12)5-4-8-22-17/h4-5,8-9,11,13,16,27H,6-7,10H2,1-3H3,(H2,24,25,26)/t13-,16?,21+/m1/s1. The van der Waals surface area contributed by atoms with Crippen LogP contribution in [0.5, 0.6) is 5.88 Å².